The van der Waals surface area contributed by atoms with Crippen molar-refractivity contribution in [2.24, 2.45) is 0 Å². The minimum atomic E-state index is -0.0855. The number of amides is 1. The van der Waals surface area contributed by atoms with Crippen LogP contribution >= 0.6 is 11.8 Å². The highest BCUT2D eigenvalue weighted by atomic mass is 32.2. The number of carbonyl (C=O) groups excluding carboxylic acids is 1. The molecular weight excluding hydrogens is 410 g/mol. The predicted octanol–water partition coefficient (Wildman–Crippen LogP) is 4.69. The van der Waals surface area contributed by atoms with E-state index in [1.165, 1.54) is 11.8 Å². The number of allylic oxidation sites excluding steroid dienone is 1. The smallest absolute Gasteiger partial charge is 0.237 e. The molecule has 0 unspecified atom stereocenters. The standard InChI is InChI=1S/C23H25N5O2S/c1-5-11-28-22(20-9-13-30-18(20)4)25-26-23(28)31-15-21(29)27(12-6-10-24)19-8-7-16(2)17(3)14-19/h5,7-9,13-14H,1,6,11-12,15H2,2-4H3. The Balaban J connectivity index is 1.81. The lowest BCUT2D eigenvalue weighted by Gasteiger charge is -2.22. The lowest BCUT2D eigenvalue weighted by atomic mass is 10.1. The molecule has 0 N–H and O–H groups in total. The van der Waals surface area contributed by atoms with Crippen molar-refractivity contribution in [1.82, 2.24) is 14.8 Å². The number of nitrogens with zero attached hydrogens (tertiary/aromatic N) is 5. The molecule has 0 aliphatic rings. The fraction of sp³-hybridized carbons (Fsp3) is 0.304. The molecule has 8 heteroatoms. The van der Waals surface area contributed by atoms with Crippen molar-refractivity contribution in [3.63, 3.8) is 0 Å². The number of aromatic nitrogens is 3. The van der Waals surface area contributed by atoms with Crippen LogP contribution in [-0.4, -0.2) is 33.0 Å². The molecular formula is C23H25N5O2S. The normalized spacial score (nSPS) is 10.6. The molecule has 31 heavy (non-hydrogen) atoms. The second kappa shape index (κ2) is 10.1. The Labute approximate surface area is 186 Å². The molecule has 0 bridgehead atoms. The Morgan fingerprint density at radius 3 is 2.74 bits per heavy atom. The van der Waals surface area contributed by atoms with Gasteiger partial charge in [0, 0.05) is 18.8 Å². The molecule has 0 spiro atoms. The first-order chi connectivity index (χ1) is 15.0. The van der Waals surface area contributed by atoms with Gasteiger partial charge in [-0.25, -0.2) is 0 Å². The average Bonchev–Trinajstić information content (AvgIpc) is 3.35. The fourth-order valence-electron chi connectivity index (χ4n) is 3.16. The number of thioether (sulfide) groups is 1. The Morgan fingerprint density at radius 1 is 1.29 bits per heavy atom. The number of carbonyl (C=O) groups is 1. The molecule has 160 valence electrons. The Bertz CT molecular complexity index is 1130. The third-order valence-corrected chi connectivity index (χ3v) is 5.95. The highest BCUT2D eigenvalue weighted by molar-refractivity contribution is 7.99. The van der Waals surface area contributed by atoms with Gasteiger partial charge in [0.15, 0.2) is 11.0 Å². The van der Waals surface area contributed by atoms with Crippen LogP contribution in [-0.2, 0) is 11.3 Å². The van der Waals surface area contributed by atoms with Gasteiger partial charge >= 0.3 is 0 Å². The van der Waals surface area contributed by atoms with Gasteiger partial charge in [0.1, 0.15) is 5.76 Å². The van der Waals surface area contributed by atoms with Crippen molar-refractivity contribution in [2.45, 2.75) is 38.9 Å². The van der Waals surface area contributed by atoms with Crippen LogP contribution in [0.4, 0.5) is 5.69 Å². The summed E-state index contributed by atoms with van der Waals surface area (Å²) >= 11 is 1.32. The number of hydrogen-bond acceptors (Lipinski definition) is 6. The number of benzene rings is 1. The molecule has 0 atom stereocenters. The largest absolute Gasteiger partial charge is 0.469 e. The van der Waals surface area contributed by atoms with E-state index in [1.54, 1.807) is 17.2 Å². The van der Waals surface area contributed by atoms with E-state index in [0.717, 1.165) is 28.1 Å². The number of nitriles is 1. The number of anilines is 1. The summed E-state index contributed by atoms with van der Waals surface area (Å²) in [7, 11) is 0. The third-order valence-electron chi connectivity index (χ3n) is 5.00. The first kappa shape index (κ1) is 22.4. The third kappa shape index (κ3) is 5.06. The van der Waals surface area contributed by atoms with E-state index in [-0.39, 0.29) is 18.1 Å². The van der Waals surface area contributed by atoms with Crippen LogP contribution in [0.1, 0.15) is 23.3 Å². The van der Waals surface area contributed by atoms with Crippen molar-refractivity contribution in [1.29, 1.82) is 5.26 Å². The number of aryl methyl sites for hydroxylation is 3. The molecule has 0 aliphatic carbocycles. The van der Waals surface area contributed by atoms with Crippen LogP contribution in [0.3, 0.4) is 0 Å². The van der Waals surface area contributed by atoms with E-state index in [9.17, 15) is 4.79 Å². The molecule has 0 radical (unpaired) electrons. The van der Waals surface area contributed by atoms with Crippen LogP contribution in [0.5, 0.6) is 0 Å². The van der Waals surface area contributed by atoms with E-state index in [1.807, 2.05) is 49.6 Å². The van der Waals surface area contributed by atoms with Crippen LogP contribution in [0.25, 0.3) is 11.4 Å². The van der Waals surface area contributed by atoms with Gasteiger partial charge in [0.2, 0.25) is 5.91 Å². The van der Waals surface area contributed by atoms with Gasteiger partial charge in [-0.1, -0.05) is 23.9 Å². The maximum atomic E-state index is 13.1. The first-order valence-electron chi connectivity index (χ1n) is 9.92. The molecule has 2 aromatic heterocycles. The van der Waals surface area contributed by atoms with Crippen LogP contribution < -0.4 is 4.90 Å². The summed E-state index contributed by atoms with van der Waals surface area (Å²) < 4.78 is 7.31. The molecule has 1 aromatic carbocycles. The fourth-order valence-corrected chi connectivity index (χ4v) is 3.99. The van der Waals surface area contributed by atoms with Gasteiger partial charge in [-0.15, -0.1) is 16.8 Å². The quantitative estimate of drug-likeness (QED) is 0.358. The molecule has 0 fully saturated rings. The van der Waals surface area contributed by atoms with Crippen LogP contribution in [0.2, 0.25) is 0 Å². The summed E-state index contributed by atoms with van der Waals surface area (Å²) in [6.07, 6.45) is 3.65. The lowest BCUT2D eigenvalue weighted by molar-refractivity contribution is -0.116. The van der Waals surface area contributed by atoms with Gasteiger partial charge in [0.05, 0.1) is 30.1 Å². The monoisotopic (exact) mass is 435 g/mol. The van der Waals surface area contributed by atoms with Gasteiger partial charge in [-0.2, -0.15) is 5.26 Å². The maximum Gasteiger partial charge on any atom is 0.237 e. The Kier molecular flexibility index (Phi) is 7.32. The second-order valence-corrected chi connectivity index (χ2v) is 8.05. The van der Waals surface area contributed by atoms with E-state index in [0.29, 0.717) is 24.1 Å². The zero-order valence-corrected chi connectivity index (χ0v) is 18.8. The SMILES string of the molecule is C=CCn1c(SCC(=O)N(CCC#N)c2ccc(C)c(C)c2)nnc1-c1ccoc1C. The van der Waals surface area contributed by atoms with Crippen molar-refractivity contribution >= 4 is 23.4 Å². The van der Waals surface area contributed by atoms with Crippen molar-refractivity contribution < 1.29 is 9.21 Å². The van der Waals surface area contributed by atoms with Gasteiger partial charge in [-0.05, 0) is 50.1 Å². The van der Waals surface area contributed by atoms with Crippen LogP contribution in [0, 0.1) is 32.1 Å². The van der Waals surface area contributed by atoms with Crippen LogP contribution in [0.15, 0.2) is 52.8 Å². The van der Waals surface area contributed by atoms with Gasteiger partial charge in [-0.3, -0.25) is 9.36 Å². The van der Waals surface area contributed by atoms with E-state index in [4.69, 9.17) is 9.68 Å². The average molecular weight is 436 g/mol. The highest BCUT2D eigenvalue weighted by Crippen LogP contribution is 2.28. The molecule has 2 heterocycles. The number of furan rings is 1. The summed E-state index contributed by atoms with van der Waals surface area (Å²) in [5.74, 6) is 1.52. The summed E-state index contributed by atoms with van der Waals surface area (Å²) in [6.45, 7) is 10.6. The summed E-state index contributed by atoms with van der Waals surface area (Å²) in [4.78, 5) is 14.7. The topological polar surface area (TPSA) is 88.0 Å². The van der Waals surface area contributed by atoms with Gasteiger partial charge in [0.25, 0.3) is 0 Å². The maximum absolute atomic E-state index is 13.1. The molecule has 7 nitrogen and oxygen atoms in total. The molecule has 3 aromatic rings. The highest BCUT2D eigenvalue weighted by Gasteiger charge is 2.20. The van der Waals surface area contributed by atoms with Crippen molar-refractivity contribution in [3.8, 4) is 17.5 Å². The zero-order chi connectivity index (χ0) is 22.4. The second-order valence-electron chi connectivity index (χ2n) is 7.11. The van der Waals surface area contributed by atoms with E-state index in [2.05, 4.69) is 22.8 Å². The molecule has 0 saturated heterocycles. The molecule has 1 amide bonds. The summed E-state index contributed by atoms with van der Waals surface area (Å²) in [5, 5.41) is 18.3. The van der Waals surface area contributed by atoms with E-state index >= 15 is 0 Å². The summed E-state index contributed by atoms with van der Waals surface area (Å²) in [6, 6.07) is 9.87. The van der Waals surface area contributed by atoms with Gasteiger partial charge < -0.3 is 9.32 Å². The molecule has 0 saturated carbocycles. The predicted molar refractivity (Wildman–Crippen MR) is 122 cm³/mol. The molecule has 0 aliphatic heterocycles. The first-order valence-corrected chi connectivity index (χ1v) is 10.9. The Hall–Kier alpha value is -3.31. The van der Waals surface area contributed by atoms with E-state index < -0.39 is 0 Å². The van der Waals surface area contributed by atoms with Crippen molar-refractivity contribution in [2.75, 3.05) is 17.2 Å². The minimum absolute atomic E-state index is 0.0855. The molecule has 3 rings (SSSR count). The Morgan fingerprint density at radius 2 is 2.10 bits per heavy atom. The number of hydrogen-bond donors (Lipinski definition) is 0. The minimum Gasteiger partial charge on any atom is -0.469 e. The zero-order valence-electron chi connectivity index (χ0n) is 18.0. The van der Waals surface area contributed by atoms with Crippen molar-refractivity contribution in [3.05, 3.63) is 60.1 Å². The number of rotatable bonds is 9. The summed E-state index contributed by atoms with van der Waals surface area (Å²) in [5.41, 5.74) is 3.92. The lowest BCUT2D eigenvalue weighted by Crippen LogP contribution is -2.33.